The van der Waals surface area contributed by atoms with Gasteiger partial charge in [0.15, 0.2) is 0 Å². The van der Waals surface area contributed by atoms with Crippen molar-refractivity contribution in [2.24, 2.45) is 5.73 Å². The molecule has 1 fully saturated rings. The van der Waals surface area contributed by atoms with E-state index in [0.29, 0.717) is 6.10 Å². The molecule has 1 atom stereocenters. The summed E-state index contributed by atoms with van der Waals surface area (Å²) in [6.07, 6.45) is 9.70. The Morgan fingerprint density at radius 1 is 1.25 bits per heavy atom. The van der Waals surface area contributed by atoms with Crippen LogP contribution in [-0.4, -0.2) is 12.1 Å². The maximum Gasteiger partial charge on any atom is 0.138 e. The zero-order chi connectivity index (χ0) is 14.4. The van der Waals surface area contributed by atoms with Gasteiger partial charge in [-0.25, -0.2) is 0 Å². The van der Waals surface area contributed by atoms with Gasteiger partial charge in [0.25, 0.3) is 0 Å². The summed E-state index contributed by atoms with van der Waals surface area (Å²) in [6, 6.07) is 6.31. The van der Waals surface area contributed by atoms with Gasteiger partial charge < -0.3 is 10.5 Å². The Balaban J connectivity index is 1.98. The van der Waals surface area contributed by atoms with Crippen LogP contribution >= 0.6 is 11.6 Å². The molecule has 0 amide bonds. The first-order chi connectivity index (χ1) is 9.69. The van der Waals surface area contributed by atoms with Gasteiger partial charge in [0.2, 0.25) is 0 Å². The van der Waals surface area contributed by atoms with Crippen LogP contribution in [0.3, 0.4) is 0 Å². The normalized spacial score (nSPS) is 18.6. The molecule has 3 heteroatoms. The molecule has 0 radical (unpaired) electrons. The highest BCUT2D eigenvalue weighted by atomic mass is 35.5. The molecule has 2 rings (SSSR count). The number of nitrogens with two attached hydrogens (primary N) is 1. The molecule has 112 valence electrons. The fraction of sp³-hybridized carbons (Fsp3) is 0.647. The summed E-state index contributed by atoms with van der Waals surface area (Å²) in [5.74, 6) is 0.826. The molecule has 0 heterocycles. The Bertz CT molecular complexity index is 413. The number of benzene rings is 1. The Hall–Kier alpha value is -0.730. The van der Waals surface area contributed by atoms with Crippen molar-refractivity contribution in [2.75, 3.05) is 0 Å². The molecule has 0 spiro atoms. The van der Waals surface area contributed by atoms with Crippen molar-refractivity contribution in [2.45, 2.75) is 70.4 Å². The van der Waals surface area contributed by atoms with E-state index >= 15 is 0 Å². The smallest absolute Gasteiger partial charge is 0.138 e. The first kappa shape index (κ1) is 15.7. The zero-order valence-corrected chi connectivity index (χ0v) is 13.2. The van der Waals surface area contributed by atoms with Gasteiger partial charge in [0.05, 0.1) is 11.1 Å². The second kappa shape index (κ2) is 7.90. The Morgan fingerprint density at radius 2 is 1.95 bits per heavy atom. The van der Waals surface area contributed by atoms with E-state index in [1.807, 2.05) is 12.1 Å². The first-order valence-electron chi connectivity index (χ1n) is 7.89. The maximum atomic E-state index is 6.35. The van der Waals surface area contributed by atoms with Crippen LogP contribution in [0.4, 0.5) is 0 Å². The van der Waals surface area contributed by atoms with Crippen molar-refractivity contribution in [3.63, 3.8) is 0 Å². The van der Waals surface area contributed by atoms with Crippen LogP contribution in [0.15, 0.2) is 18.2 Å². The molecular weight excluding hydrogens is 270 g/mol. The molecule has 1 saturated carbocycles. The SMILES string of the molecule is CCC(N)Cc1ccc(OC2CCCCCC2)c(Cl)c1. The molecule has 0 saturated heterocycles. The quantitative estimate of drug-likeness (QED) is 0.798. The van der Waals surface area contributed by atoms with Crippen LogP contribution in [-0.2, 0) is 6.42 Å². The maximum absolute atomic E-state index is 6.35. The third-order valence-corrected chi connectivity index (χ3v) is 4.41. The highest BCUT2D eigenvalue weighted by Crippen LogP contribution is 2.30. The lowest BCUT2D eigenvalue weighted by atomic mass is 10.0. The summed E-state index contributed by atoms with van der Waals surface area (Å²) >= 11 is 6.35. The number of rotatable bonds is 5. The number of hydrogen-bond donors (Lipinski definition) is 1. The summed E-state index contributed by atoms with van der Waals surface area (Å²) in [5, 5.41) is 0.718. The second-order valence-electron chi connectivity index (χ2n) is 5.87. The lowest BCUT2D eigenvalue weighted by molar-refractivity contribution is 0.184. The first-order valence-corrected chi connectivity index (χ1v) is 8.27. The molecule has 1 unspecified atom stereocenters. The van der Waals surface area contributed by atoms with Gasteiger partial charge in [-0.05, 0) is 56.2 Å². The van der Waals surface area contributed by atoms with Gasteiger partial charge in [-0.3, -0.25) is 0 Å². The van der Waals surface area contributed by atoms with Crippen molar-refractivity contribution in [1.82, 2.24) is 0 Å². The molecule has 0 aromatic heterocycles. The van der Waals surface area contributed by atoms with E-state index in [-0.39, 0.29) is 6.04 Å². The minimum atomic E-state index is 0.208. The highest BCUT2D eigenvalue weighted by molar-refractivity contribution is 6.32. The van der Waals surface area contributed by atoms with Gasteiger partial charge in [-0.2, -0.15) is 0 Å². The standard InChI is InChI=1S/C17H26ClNO/c1-2-14(19)11-13-9-10-17(16(18)12-13)20-15-7-5-3-4-6-8-15/h9-10,12,14-15H,2-8,11,19H2,1H3. The topological polar surface area (TPSA) is 35.2 Å². The molecule has 2 N–H and O–H groups in total. The molecule has 2 nitrogen and oxygen atoms in total. The number of ether oxygens (including phenoxy) is 1. The zero-order valence-electron chi connectivity index (χ0n) is 12.4. The van der Waals surface area contributed by atoms with Crippen LogP contribution in [0.2, 0.25) is 5.02 Å². The monoisotopic (exact) mass is 295 g/mol. The van der Waals surface area contributed by atoms with Gasteiger partial charge in [-0.15, -0.1) is 0 Å². The van der Waals surface area contributed by atoms with Crippen LogP contribution in [0.5, 0.6) is 5.75 Å². The average Bonchev–Trinajstić information content (AvgIpc) is 2.70. The number of hydrogen-bond acceptors (Lipinski definition) is 2. The summed E-state index contributed by atoms with van der Waals surface area (Å²) < 4.78 is 6.09. The Labute approximate surface area is 127 Å². The Kier molecular flexibility index (Phi) is 6.18. The second-order valence-corrected chi connectivity index (χ2v) is 6.28. The fourth-order valence-corrected chi connectivity index (χ4v) is 3.00. The van der Waals surface area contributed by atoms with Crippen molar-refractivity contribution >= 4 is 11.6 Å². The van der Waals surface area contributed by atoms with Crippen LogP contribution in [0.1, 0.15) is 57.4 Å². The molecule has 0 bridgehead atoms. The minimum absolute atomic E-state index is 0.208. The molecule has 1 aromatic carbocycles. The average molecular weight is 296 g/mol. The van der Waals surface area contributed by atoms with Crippen molar-refractivity contribution in [3.05, 3.63) is 28.8 Å². The van der Waals surface area contributed by atoms with E-state index in [0.717, 1.165) is 36.5 Å². The molecule has 1 aromatic rings. The lowest BCUT2D eigenvalue weighted by Gasteiger charge is -2.18. The fourth-order valence-electron chi connectivity index (χ4n) is 2.75. The predicted octanol–water partition coefficient (Wildman–Crippen LogP) is 4.72. The van der Waals surface area contributed by atoms with E-state index in [4.69, 9.17) is 22.1 Å². The van der Waals surface area contributed by atoms with Crippen LogP contribution in [0.25, 0.3) is 0 Å². The highest BCUT2D eigenvalue weighted by Gasteiger charge is 2.15. The minimum Gasteiger partial charge on any atom is -0.489 e. The largest absolute Gasteiger partial charge is 0.489 e. The Morgan fingerprint density at radius 3 is 2.55 bits per heavy atom. The van der Waals surface area contributed by atoms with E-state index < -0.39 is 0 Å². The van der Waals surface area contributed by atoms with E-state index in [1.165, 1.54) is 31.2 Å². The van der Waals surface area contributed by atoms with Gasteiger partial charge >= 0.3 is 0 Å². The predicted molar refractivity (Wildman–Crippen MR) is 85.5 cm³/mol. The summed E-state index contributed by atoms with van der Waals surface area (Å²) in [5.41, 5.74) is 7.18. The van der Waals surface area contributed by atoms with E-state index in [1.54, 1.807) is 0 Å². The lowest BCUT2D eigenvalue weighted by Crippen LogP contribution is -2.21. The van der Waals surface area contributed by atoms with Crippen molar-refractivity contribution in [3.8, 4) is 5.75 Å². The summed E-state index contributed by atoms with van der Waals surface area (Å²) in [6.45, 7) is 2.11. The molecule has 0 aliphatic heterocycles. The van der Waals surface area contributed by atoms with E-state index in [9.17, 15) is 0 Å². The van der Waals surface area contributed by atoms with Crippen LogP contribution < -0.4 is 10.5 Å². The van der Waals surface area contributed by atoms with Crippen molar-refractivity contribution in [1.29, 1.82) is 0 Å². The summed E-state index contributed by atoms with van der Waals surface area (Å²) in [7, 11) is 0. The van der Waals surface area contributed by atoms with Crippen molar-refractivity contribution < 1.29 is 4.74 Å². The van der Waals surface area contributed by atoms with Gasteiger partial charge in [-0.1, -0.05) is 37.4 Å². The van der Waals surface area contributed by atoms with Gasteiger partial charge in [0.1, 0.15) is 5.75 Å². The van der Waals surface area contributed by atoms with Gasteiger partial charge in [0, 0.05) is 6.04 Å². The molecule has 1 aliphatic rings. The molecule has 1 aliphatic carbocycles. The third kappa shape index (κ3) is 4.68. The van der Waals surface area contributed by atoms with E-state index in [2.05, 4.69) is 13.0 Å². The number of halogens is 1. The summed E-state index contributed by atoms with van der Waals surface area (Å²) in [4.78, 5) is 0. The molecule has 20 heavy (non-hydrogen) atoms. The van der Waals surface area contributed by atoms with Crippen LogP contribution in [0, 0.1) is 0 Å². The third-order valence-electron chi connectivity index (χ3n) is 4.11. The molecular formula is C17H26ClNO.